The third-order valence-corrected chi connectivity index (χ3v) is 5.61. The van der Waals surface area contributed by atoms with Crippen molar-refractivity contribution < 1.29 is 4.74 Å². The number of methoxy groups -OCH3 is 1. The van der Waals surface area contributed by atoms with E-state index in [4.69, 9.17) is 4.74 Å². The quantitative estimate of drug-likeness (QED) is 0.648. The van der Waals surface area contributed by atoms with Crippen molar-refractivity contribution >= 4 is 5.69 Å². The summed E-state index contributed by atoms with van der Waals surface area (Å²) in [7, 11) is 1.69. The molecule has 1 aliphatic rings. The summed E-state index contributed by atoms with van der Waals surface area (Å²) >= 11 is 0. The average Bonchev–Trinajstić information content (AvgIpc) is 3.26. The van der Waals surface area contributed by atoms with Crippen molar-refractivity contribution in [2.24, 2.45) is 0 Å². The van der Waals surface area contributed by atoms with Crippen molar-refractivity contribution in [3.8, 4) is 5.75 Å². The Kier molecular flexibility index (Phi) is 5.72. The molecule has 1 fully saturated rings. The van der Waals surface area contributed by atoms with Crippen molar-refractivity contribution in [2.75, 3.05) is 38.2 Å². The molecule has 0 bridgehead atoms. The van der Waals surface area contributed by atoms with Gasteiger partial charge in [0, 0.05) is 31.9 Å². The smallest absolute Gasteiger partial charge is 0.173 e. The molecule has 0 spiro atoms. The molecular weight excluding hydrogens is 376 g/mol. The molecule has 0 amide bonds. The van der Waals surface area contributed by atoms with Crippen LogP contribution in [0.3, 0.4) is 0 Å². The first-order valence-corrected chi connectivity index (χ1v) is 10.4. The second-order valence-electron chi connectivity index (χ2n) is 8.65. The highest BCUT2D eigenvalue weighted by Crippen LogP contribution is 2.32. The summed E-state index contributed by atoms with van der Waals surface area (Å²) in [6, 6.07) is 18.9. The zero-order chi connectivity index (χ0) is 21.1. The van der Waals surface area contributed by atoms with Gasteiger partial charge in [0.15, 0.2) is 5.82 Å². The maximum atomic E-state index is 5.36. The molecule has 7 nitrogen and oxygen atoms in total. The molecule has 0 N–H and O–H groups in total. The molecule has 158 valence electrons. The molecule has 1 atom stereocenters. The molecule has 7 heteroatoms. The van der Waals surface area contributed by atoms with E-state index >= 15 is 0 Å². The number of benzene rings is 2. The van der Waals surface area contributed by atoms with Crippen LogP contribution in [0.4, 0.5) is 5.69 Å². The topological polar surface area (TPSA) is 59.3 Å². The summed E-state index contributed by atoms with van der Waals surface area (Å²) in [5, 5.41) is 12.8. The number of anilines is 1. The summed E-state index contributed by atoms with van der Waals surface area (Å²) in [5.74, 6) is 1.72. The average molecular weight is 407 g/mol. The van der Waals surface area contributed by atoms with Crippen LogP contribution < -0.4 is 9.64 Å². The van der Waals surface area contributed by atoms with Gasteiger partial charge in [0.25, 0.3) is 0 Å². The van der Waals surface area contributed by atoms with Crippen LogP contribution in [0, 0.1) is 0 Å². The first-order chi connectivity index (χ1) is 14.5. The minimum absolute atomic E-state index is 0.0111. The lowest BCUT2D eigenvalue weighted by molar-refractivity contribution is 0.191. The van der Waals surface area contributed by atoms with Gasteiger partial charge in [-0.25, -0.2) is 4.68 Å². The van der Waals surface area contributed by atoms with Crippen molar-refractivity contribution in [1.29, 1.82) is 0 Å². The van der Waals surface area contributed by atoms with Crippen LogP contribution in [-0.2, 0) is 5.54 Å². The van der Waals surface area contributed by atoms with Gasteiger partial charge in [0.1, 0.15) is 5.75 Å². The Morgan fingerprint density at radius 2 is 1.57 bits per heavy atom. The Labute approximate surface area is 178 Å². The van der Waals surface area contributed by atoms with Crippen molar-refractivity contribution in [2.45, 2.75) is 32.4 Å². The molecule has 1 aliphatic heterocycles. The van der Waals surface area contributed by atoms with E-state index in [1.807, 2.05) is 16.8 Å². The minimum atomic E-state index is -0.199. The summed E-state index contributed by atoms with van der Waals surface area (Å²) in [5.41, 5.74) is 2.25. The number of rotatable bonds is 5. The number of aromatic nitrogens is 4. The highest BCUT2D eigenvalue weighted by Gasteiger charge is 2.33. The molecule has 2 heterocycles. The van der Waals surface area contributed by atoms with Crippen LogP contribution in [0.25, 0.3) is 0 Å². The van der Waals surface area contributed by atoms with Gasteiger partial charge in [-0.15, -0.1) is 5.10 Å². The van der Waals surface area contributed by atoms with E-state index in [0.29, 0.717) is 0 Å². The highest BCUT2D eigenvalue weighted by atomic mass is 16.5. The largest absolute Gasteiger partial charge is 0.497 e. The van der Waals surface area contributed by atoms with Crippen LogP contribution in [0.2, 0.25) is 0 Å². The molecule has 0 aliphatic carbocycles. The lowest BCUT2D eigenvalue weighted by Gasteiger charge is -2.40. The van der Waals surface area contributed by atoms with Crippen molar-refractivity contribution in [1.82, 2.24) is 25.1 Å². The molecule has 0 unspecified atom stereocenters. The summed E-state index contributed by atoms with van der Waals surface area (Å²) in [6.07, 6.45) is 0. The molecule has 4 rings (SSSR count). The minimum Gasteiger partial charge on any atom is -0.497 e. The zero-order valence-electron chi connectivity index (χ0n) is 18.2. The lowest BCUT2D eigenvalue weighted by Crippen LogP contribution is -2.48. The van der Waals surface area contributed by atoms with Gasteiger partial charge in [0.05, 0.1) is 18.7 Å². The fraction of sp³-hybridized carbons (Fsp3) is 0.435. The van der Waals surface area contributed by atoms with E-state index in [0.717, 1.165) is 37.8 Å². The molecule has 3 aromatic rings. The first-order valence-electron chi connectivity index (χ1n) is 10.4. The molecule has 0 radical (unpaired) electrons. The second-order valence-corrected chi connectivity index (χ2v) is 8.65. The van der Waals surface area contributed by atoms with Gasteiger partial charge >= 0.3 is 0 Å². The van der Waals surface area contributed by atoms with Crippen LogP contribution in [0.5, 0.6) is 5.75 Å². The summed E-state index contributed by atoms with van der Waals surface area (Å²) in [6.45, 7) is 10.2. The normalized spacial score (nSPS) is 16.5. The maximum absolute atomic E-state index is 5.36. The number of piperazine rings is 1. The van der Waals surface area contributed by atoms with E-state index in [-0.39, 0.29) is 11.6 Å². The van der Waals surface area contributed by atoms with E-state index < -0.39 is 0 Å². The monoisotopic (exact) mass is 406 g/mol. The number of hydrogen-bond donors (Lipinski definition) is 0. The number of para-hydroxylation sites is 1. The van der Waals surface area contributed by atoms with Crippen LogP contribution in [-0.4, -0.2) is 58.4 Å². The second kappa shape index (κ2) is 8.44. The summed E-state index contributed by atoms with van der Waals surface area (Å²) < 4.78 is 7.31. The van der Waals surface area contributed by atoms with Gasteiger partial charge in [-0.2, -0.15) is 0 Å². The highest BCUT2D eigenvalue weighted by molar-refractivity contribution is 5.46. The number of tetrazole rings is 1. The molecule has 1 saturated heterocycles. The zero-order valence-corrected chi connectivity index (χ0v) is 18.2. The van der Waals surface area contributed by atoms with Gasteiger partial charge in [-0.05, 0) is 61.0 Å². The maximum Gasteiger partial charge on any atom is 0.173 e. The van der Waals surface area contributed by atoms with E-state index in [1.165, 1.54) is 11.3 Å². The van der Waals surface area contributed by atoms with Crippen LogP contribution in [0.1, 0.15) is 38.2 Å². The number of hydrogen-bond acceptors (Lipinski definition) is 6. The molecule has 1 aromatic heterocycles. The van der Waals surface area contributed by atoms with E-state index in [1.54, 1.807) is 7.11 Å². The van der Waals surface area contributed by atoms with E-state index in [2.05, 4.69) is 88.6 Å². The number of ether oxygens (including phenoxy) is 1. The molecular formula is C23H30N6O. The Hall–Kier alpha value is -2.93. The Bertz CT molecular complexity index is 940. The fourth-order valence-corrected chi connectivity index (χ4v) is 4.03. The number of nitrogens with zero attached hydrogens (tertiary/aromatic N) is 6. The van der Waals surface area contributed by atoms with Crippen molar-refractivity contribution in [3.63, 3.8) is 0 Å². The predicted molar refractivity (Wildman–Crippen MR) is 118 cm³/mol. The first kappa shape index (κ1) is 20.3. The Morgan fingerprint density at radius 1 is 0.900 bits per heavy atom. The standard InChI is InChI=1S/C23H30N6O/c1-23(2,3)29-22(24-25-26-29)21(18-10-12-20(30-4)13-11-18)28-16-14-27(15-17-28)19-8-6-5-7-9-19/h5-13,21H,14-17H2,1-4H3/t21-/m1/s1. The van der Waals surface area contributed by atoms with Crippen LogP contribution in [0.15, 0.2) is 54.6 Å². The summed E-state index contributed by atoms with van der Waals surface area (Å²) in [4.78, 5) is 4.92. The van der Waals surface area contributed by atoms with Crippen LogP contribution >= 0.6 is 0 Å². The molecule has 2 aromatic carbocycles. The fourth-order valence-electron chi connectivity index (χ4n) is 4.03. The van der Waals surface area contributed by atoms with Gasteiger partial charge < -0.3 is 9.64 Å². The third kappa shape index (κ3) is 4.16. The third-order valence-electron chi connectivity index (χ3n) is 5.61. The lowest BCUT2D eigenvalue weighted by atomic mass is 10.0. The molecule has 0 saturated carbocycles. The molecule has 30 heavy (non-hydrogen) atoms. The SMILES string of the molecule is COc1ccc([C@H](c2nnnn2C(C)(C)C)N2CCN(c3ccccc3)CC2)cc1. The van der Waals surface area contributed by atoms with Gasteiger partial charge in [-0.3, -0.25) is 4.90 Å². The van der Waals surface area contributed by atoms with Gasteiger partial charge in [0.2, 0.25) is 0 Å². The van der Waals surface area contributed by atoms with E-state index in [9.17, 15) is 0 Å². The van der Waals surface area contributed by atoms with Crippen molar-refractivity contribution in [3.05, 3.63) is 66.0 Å². The Balaban J connectivity index is 1.64. The predicted octanol–water partition coefficient (Wildman–Crippen LogP) is 3.35. The Morgan fingerprint density at radius 3 is 2.17 bits per heavy atom. The van der Waals surface area contributed by atoms with Gasteiger partial charge in [-0.1, -0.05) is 30.3 Å².